The van der Waals surface area contributed by atoms with E-state index in [0.717, 1.165) is 28.8 Å². The van der Waals surface area contributed by atoms with Crippen molar-refractivity contribution >= 4 is 11.6 Å². The number of hydrogen-bond donors (Lipinski definition) is 1. The van der Waals surface area contributed by atoms with Crippen molar-refractivity contribution in [2.45, 2.75) is 39.2 Å². The molecule has 0 saturated carbocycles. The van der Waals surface area contributed by atoms with Gasteiger partial charge in [0.25, 0.3) is 0 Å². The Hall–Kier alpha value is -2.13. The van der Waals surface area contributed by atoms with Gasteiger partial charge in [0.15, 0.2) is 0 Å². The fourth-order valence-electron chi connectivity index (χ4n) is 3.57. The van der Waals surface area contributed by atoms with Crippen LogP contribution in [0, 0.1) is 6.92 Å². The normalized spacial score (nSPS) is 18.2. The number of likely N-dealkylation sites (N-methyl/N-ethyl adjacent to an activating group) is 1. The third kappa shape index (κ3) is 2.55. The van der Waals surface area contributed by atoms with Gasteiger partial charge in [0.2, 0.25) is 5.91 Å². The van der Waals surface area contributed by atoms with E-state index in [1.165, 1.54) is 5.56 Å². The number of rotatable bonds is 4. The molecule has 3 rings (SSSR count). The van der Waals surface area contributed by atoms with Crippen LogP contribution in [0.1, 0.15) is 54.5 Å². The Kier molecular flexibility index (Phi) is 4.22. The summed E-state index contributed by atoms with van der Waals surface area (Å²) in [6.07, 6.45) is 0.825. The second-order valence-corrected chi connectivity index (χ2v) is 6.20. The van der Waals surface area contributed by atoms with Crippen LogP contribution < -0.4 is 10.6 Å². The minimum atomic E-state index is -0.162. The number of aryl methyl sites for hydroxylation is 1. The van der Waals surface area contributed by atoms with Crippen molar-refractivity contribution in [1.29, 1.82) is 0 Å². The lowest BCUT2D eigenvalue weighted by molar-refractivity contribution is -0.119. The summed E-state index contributed by atoms with van der Waals surface area (Å²) >= 11 is 0. The summed E-state index contributed by atoms with van der Waals surface area (Å²) in [7, 11) is 0. The third-order valence-electron chi connectivity index (χ3n) is 4.89. The summed E-state index contributed by atoms with van der Waals surface area (Å²) in [5.74, 6) is 0.181. The molecule has 23 heavy (non-hydrogen) atoms. The maximum atomic E-state index is 12.5. The van der Waals surface area contributed by atoms with Gasteiger partial charge in [0, 0.05) is 12.2 Å². The molecule has 0 radical (unpaired) electrons. The molecule has 2 aromatic rings. The van der Waals surface area contributed by atoms with Crippen LogP contribution in [0.5, 0.6) is 0 Å². The van der Waals surface area contributed by atoms with Gasteiger partial charge in [0.1, 0.15) is 0 Å². The molecule has 2 aromatic carbocycles. The Labute approximate surface area is 138 Å². The fourth-order valence-corrected chi connectivity index (χ4v) is 3.57. The van der Waals surface area contributed by atoms with Gasteiger partial charge in [-0.3, -0.25) is 4.79 Å². The zero-order valence-corrected chi connectivity index (χ0v) is 14.0. The smallest absolute Gasteiger partial charge is 0.234 e. The number of carbonyl (C=O) groups is 1. The van der Waals surface area contributed by atoms with E-state index in [-0.39, 0.29) is 17.9 Å². The van der Waals surface area contributed by atoms with Crippen LogP contribution in [-0.4, -0.2) is 12.5 Å². The lowest BCUT2D eigenvalue weighted by atomic mass is 9.91. The molecule has 0 saturated heterocycles. The first-order valence-corrected chi connectivity index (χ1v) is 8.34. The molecule has 1 amide bonds. The average molecular weight is 308 g/mol. The van der Waals surface area contributed by atoms with E-state index >= 15 is 0 Å². The average Bonchev–Trinajstić information content (AvgIpc) is 2.84. The first-order chi connectivity index (χ1) is 11.1. The van der Waals surface area contributed by atoms with E-state index in [4.69, 9.17) is 5.73 Å². The Balaban J connectivity index is 2.03. The van der Waals surface area contributed by atoms with E-state index in [2.05, 4.69) is 44.2 Å². The summed E-state index contributed by atoms with van der Waals surface area (Å²) in [6.45, 7) is 6.89. The van der Waals surface area contributed by atoms with Crippen molar-refractivity contribution in [3.8, 4) is 0 Å². The topological polar surface area (TPSA) is 46.3 Å². The van der Waals surface area contributed by atoms with Crippen LogP contribution in [0.2, 0.25) is 0 Å². The quantitative estimate of drug-likeness (QED) is 0.931. The van der Waals surface area contributed by atoms with Crippen LogP contribution >= 0.6 is 0 Å². The molecule has 0 aliphatic carbocycles. The predicted octanol–water partition coefficient (Wildman–Crippen LogP) is 3.90. The summed E-state index contributed by atoms with van der Waals surface area (Å²) in [5, 5.41) is 0. The van der Waals surface area contributed by atoms with Crippen molar-refractivity contribution in [2.24, 2.45) is 5.73 Å². The lowest BCUT2D eigenvalue weighted by Crippen LogP contribution is -2.28. The van der Waals surface area contributed by atoms with Gasteiger partial charge < -0.3 is 10.6 Å². The van der Waals surface area contributed by atoms with Gasteiger partial charge in [-0.2, -0.15) is 0 Å². The van der Waals surface area contributed by atoms with Crippen LogP contribution in [0.15, 0.2) is 42.5 Å². The maximum Gasteiger partial charge on any atom is 0.234 e. The Morgan fingerprint density at radius 2 is 1.91 bits per heavy atom. The van der Waals surface area contributed by atoms with Crippen molar-refractivity contribution in [1.82, 2.24) is 0 Å². The van der Waals surface area contributed by atoms with Crippen LogP contribution in [0.25, 0.3) is 0 Å². The van der Waals surface area contributed by atoms with E-state index < -0.39 is 0 Å². The number of benzene rings is 2. The summed E-state index contributed by atoms with van der Waals surface area (Å²) in [5.41, 5.74) is 12.1. The Morgan fingerprint density at radius 1 is 1.17 bits per heavy atom. The molecule has 3 heteroatoms. The number of carbonyl (C=O) groups excluding carboxylic acids is 1. The monoisotopic (exact) mass is 308 g/mol. The van der Waals surface area contributed by atoms with Crippen molar-refractivity contribution < 1.29 is 4.79 Å². The van der Waals surface area contributed by atoms with Crippen molar-refractivity contribution in [2.75, 3.05) is 11.4 Å². The second kappa shape index (κ2) is 6.17. The van der Waals surface area contributed by atoms with Gasteiger partial charge in [-0.25, -0.2) is 0 Å². The summed E-state index contributed by atoms with van der Waals surface area (Å²) < 4.78 is 0. The van der Waals surface area contributed by atoms with E-state index in [1.807, 2.05) is 24.0 Å². The molecule has 1 aliphatic rings. The minimum absolute atomic E-state index is 0.0334. The molecular weight excluding hydrogens is 284 g/mol. The van der Waals surface area contributed by atoms with Crippen LogP contribution in [0.3, 0.4) is 0 Å². The maximum absolute atomic E-state index is 12.5. The summed E-state index contributed by atoms with van der Waals surface area (Å²) in [6, 6.07) is 14.3. The van der Waals surface area contributed by atoms with Gasteiger partial charge in [-0.15, -0.1) is 0 Å². The Morgan fingerprint density at radius 3 is 2.57 bits per heavy atom. The molecule has 3 nitrogen and oxygen atoms in total. The summed E-state index contributed by atoms with van der Waals surface area (Å²) in [4.78, 5) is 14.4. The van der Waals surface area contributed by atoms with Crippen LogP contribution in [-0.2, 0) is 4.79 Å². The first kappa shape index (κ1) is 15.8. The second-order valence-electron chi connectivity index (χ2n) is 6.20. The van der Waals surface area contributed by atoms with Crippen molar-refractivity contribution in [3.63, 3.8) is 0 Å². The predicted molar refractivity (Wildman–Crippen MR) is 94.7 cm³/mol. The van der Waals surface area contributed by atoms with Crippen molar-refractivity contribution in [3.05, 3.63) is 64.7 Å². The first-order valence-electron chi connectivity index (χ1n) is 8.34. The molecule has 2 atom stereocenters. The lowest BCUT2D eigenvalue weighted by Gasteiger charge is -2.18. The van der Waals surface area contributed by atoms with E-state index in [0.29, 0.717) is 6.54 Å². The van der Waals surface area contributed by atoms with Crippen LogP contribution in [0.4, 0.5) is 5.69 Å². The minimum Gasteiger partial charge on any atom is -0.320 e. The highest BCUT2D eigenvalue weighted by Gasteiger charge is 2.35. The molecule has 0 bridgehead atoms. The molecule has 1 aliphatic heterocycles. The van der Waals surface area contributed by atoms with E-state index in [1.54, 1.807) is 0 Å². The standard InChI is InChI=1S/C20H24N2O/c1-4-15-17-12-14(10-11-18(17)22(5-2)20(15)23)19(21)16-9-7-6-8-13(16)3/h6-12,15,19H,4-5,21H2,1-3H3. The highest BCUT2D eigenvalue weighted by Crippen LogP contribution is 2.40. The van der Waals surface area contributed by atoms with Gasteiger partial charge in [-0.1, -0.05) is 43.3 Å². The molecule has 0 fully saturated rings. The number of hydrogen-bond acceptors (Lipinski definition) is 2. The third-order valence-corrected chi connectivity index (χ3v) is 4.89. The Bertz CT molecular complexity index is 738. The molecule has 2 unspecified atom stereocenters. The SMILES string of the molecule is CCC1C(=O)N(CC)c2ccc(C(N)c3ccccc3C)cc21. The number of nitrogens with two attached hydrogens (primary N) is 1. The molecular formula is C20H24N2O. The van der Waals surface area contributed by atoms with Gasteiger partial charge in [0.05, 0.1) is 12.0 Å². The molecule has 1 heterocycles. The van der Waals surface area contributed by atoms with Gasteiger partial charge >= 0.3 is 0 Å². The van der Waals surface area contributed by atoms with Gasteiger partial charge in [-0.05, 0) is 48.6 Å². The number of nitrogens with zero attached hydrogens (tertiary/aromatic N) is 1. The number of fused-ring (bicyclic) bond motifs is 1. The number of amides is 1. The zero-order chi connectivity index (χ0) is 16.6. The molecule has 2 N–H and O–H groups in total. The molecule has 0 aromatic heterocycles. The largest absolute Gasteiger partial charge is 0.320 e. The molecule has 120 valence electrons. The highest BCUT2D eigenvalue weighted by molar-refractivity contribution is 6.04. The fraction of sp³-hybridized carbons (Fsp3) is 0.350. The van der Waals surface area contributed by atoms with E-state index in [9.17, 15) is 4.79 Å². The highest BCUT2D eigenvalue weighted by atomic mass is 16.2. The molecule has 0 spiro atoms. The number of anilines is 1. The zero-order valence-electron chi connectivity index (χ0n) is 14.0.